The lowest BCUT2D eigenvalue weighted by molar-refractivity contribution is -0.137. The second kappa shape index (κ2) is 7.47. The highest BCUT2D eigenvalue weighted by atomic mass is 19.4. The lowest BCUT2D eigenvalue weighted by Crippen LogP contribution is -2.20. The first-order valence-corrected chi connectivity index (χ1v) is 8.79. The van der Waals surface area contributed by atoms with E-state index in [0.29, 0.717) is 0 Å². The van der Waals surface area contributed by atoms with Crippen LogP contribution in [0.3, 0.4) is 0 Å². The van der Waals surface area contributed by atoms with Crippen molar-refractivity contribution in [2.75, 3.05) is 10.6 Å². The van der Waals surface area contributed by atoms with Crippen LogP contribution in [0.4, 0.5) is 29.5 Å². The third-order valence-corrected chi connectivity index (χ3v) is 4.44. The number of urea groups is 1. The summed E-state index contributed by atoms with van der Waals surface area (Å²) >= 11 is 0. The van der Waals surface area contributed by atoms with Crippen molar-refractivity contribution in [1.82, 2.24) is 19.7 Å². The zero-order valence-corrected chi connectivity index (χ0v) is 15.6. The van der Waals surface area contributed by atoms with Crippen molar-refractivity contribution in [3.05, 3.63) is 66.7 Å². The SMILES string of the molecule is Cn1ncc2c(-c3ccc(NC(=O)Nc4cccc(C(F)(F)F)c4)nc3)cncc21. The van der Waals surface area contributed by atoms with Gasteiger partial charge in [-0.15, -0.1) is 0 Å². The summed E-state index contributed by atoms with van der Waals surface area (Å²) in [6.45, 7) is 0. The maximum Gasteiger partial charge on any atom is 0.416 e. The van der Waals surface area contributed by atoms with Gasteiger partial charge in [0.05, 0.1) is 23.5 Å². The number of amides is 2. The summed E-state index contributed by atoms with van der Waals surface area (Å²) in [7, 11) is 1.82. The standard InChI is InChI=1S/C20H15F3N6O/c1-29-17-11-24-9-15(16(17)10-26-29)12-5-6-18(25-8-12)28-19(30)27-14-4-2-3-13(7-14)20(21,22)23/h2-11H,1H3,(H2,25,27,28,30). The van der Waals surface area contributed by atoms with Crippen molar-refractivity contribution in [3.63, 3.8) is 0 Å². The van der Waals surface area contributed by atoms with Gasteiger partial charge in [0.2, 0.25) is 0 Å². The van der Waals surface area contributed by atoms with Gasteiger partial charge in [0.1, 0.15) is 5.82 Å². The van der Waals surface area contributed by atoms with Gasteiger partial charge >= 0.3 is 12.2 Å². The number of alkyl halides is 3. The first-order chi connectivity index (χ1) is 14.3. The minimum absolute atomic E-state index is 0.0216. The molecule has 2 N–H and O–H groups in total. The molecule has 0 atom stereocenters. The van der Waals surface area contributed by atoms with Crippen LogP contribution in [-0.2, 0) is 13.2 Å². The number of carbonyl (C=O) groups is 1. The number of hydrogen-bond donors (Lipinski definition) is 2. The Morgan fingerprint density at radius 3 is 2.60 bits per heavy atom. The van der Waals surface area contributed by atoms with Gasteiger partial charge in [0.15, 0.2) is 0 Å². The predicted molar refractivity (Wildman–Crippen MR) is 106 cm³/mol. The fraction of sp³-hybridized carbons (Fsp3) is 0.100. The Balaban J connectivity index is 1.48. The molecule has 0 radical (unpaired) electrons. The maximum atomic E-state index is 12.8. The molecule has 152 valence electrons. The largest absolute Gasteiger partial charge is 0.416 e. The van der Waals surface area contributed by atoms with Crippen molar-refractivity contribution >= 4 is 28.4 Å². The highest BCUT2D eigenvalue weighted by Crippen LogP contribution is 2.31. The molecule has 4 rings (SSSR count). The smallest absolute Gasteiger partial charge is 0.308 e. The molecule has 0 unspecified atom stereocenters. The van der Waals surface area contributed by atoms with E-state index in [1.807, 2.05) is 7.05 Å². The van der Waals surface area contributed by atoms with Crippen molar-refractivity contribution in [1.29, 1.82) is 0 Å². The van der Waals surface area contributed by atoms with E-state index >= 15 is 0 Å². The van der Waals surface area contributed by atoms with Gasteiger partial charge in [-0.1, -0.05) is 6.07 Å². The summed E-state index contributed by atoms with van der Waals surface area (Å²) < 4.78 is 40.1. The monoisotopic (exact) mass is 412 g/mol. The van der Waals surface area contributed by atoms with E-state index in [9.17, 15) is 18.0 Å². The van der Waals surface area contributed by atoms with Crippen LogP contribution in [0.5, 0.6) is 0 Å². The molecule has 0 aliphatic carbocycles. The quantitative estimate of drug-likeness (QED) is 0.511. The zero-order chi connectivity index (χ0) is 21.3. The van der Waals surface area contributed by atoms with E-state index in [-0.39, 0.29) is 11.5 Å². The van der Waals surface area contributed by atoms with Gasteiger partial charge in [-0.25, -0.2) is 9.78 Å². The van der Waals surface area contributed by atoms with Crippen LogP contribution in [0.1, 0.15) is 5.56 Å². The molecule has 3 aromatic heterocycles. The van der Waals surface area contributed by atoms with Gasteiger partial charge in [-0.05, 0) is 30.3 Å². The number of anilines is 2. The maximum absolute atomic E-state index is 12.8. The molecule has 0 spiro atoms. The molecule has 4 aromatic rings. The van der Waals surface area contributed by atoms with E-state index < -0.39 is 17.8 Å². The van der Waals surface area contributed by atoms with Gasteiger partial charge in [-0.2, -0.15) is 18.3 Å². The summed E-state index contributed by atoms with van der Waals surface area (Å²) in [5, 5.41) is 9.99. The summed E-state index contributed by atoms with van der Waals surface area (Å²) in [6, 6.07) is 7.03. The second-order valence-electron chi connectivity index (χ2n) is 6.48. The van der Waals surface area contributed by atoms with Gasteiger partial charge in [0, 0.05) is 41.6 Å². The molecule has 30 heavy (non-hydrogen) atoms. The summed E-state index contributed by atoms with van der Waals surface area (Å²) in [6.07, 6.45) is 2.24. The Kier molecular flexibility index (Phi) is 4.82. The third kappa shape index (κ3) is 3.93. The number of pyridine rings is 2. The van der Waals surface area contributed by atoms with E-state index in [0.717, 1.165) is 34.2 Å². The average Bonchev–Trinajstić information content (AvgIpc) is 3.09. The topological polar surface area (TPSA) is 84.7 Å². The number of fused-ring (bicyclic) bond motifs is 1. The zero-order valence-electron chi connectivity index (χ0n) is 15.6. The van der Waals surface area contributed by atoms with Gasteiger partial charge < -0.3 is 5.32 Å². The van der Waals surface area contributed by atoms with Crippen molar-refractivity contribution in [3.8, 4) is 11.1 Å². The summed E-state index contributed by atoms with van der Waals surface area (Å²) in [5.41, 5.74) is 1.67. The molecular weight excluding hydrogens is 397 g/mol. The molecule has 0 saturated carbocycles. The second-order valence-corrected chi connectivity index (χ2v) is 6.48. The first kappa shape index (κ1) is 19.4. The Labute approximate surface area is 168 Å². The summed E-state index contributed by atoms with van der Waals surface area (Å²) in [4.78, 5) is 20.5. The molecule has 7 nitrogen and oxygen atoms in total. The average molecular weight is 412 g/mol. The van der Waals surface area contributed by atoms with Crippen molar-refractivity contribution < 1.29 is 18.0 Å². The lowest BCUT2D eigenvalue weighted by Gasteiger charge is -2.11. The van der Waals surface area contributed by atoms with E-state index in [4.69, 9.17) is 0 Å². The normalized spacial score (nSPS) is 11.5. The molecule has 1 aromatic carbocycles. The molecule has 3 heterocycles. The molecule has 2 amide bonds. The molecular formula is C20H15F3N6O. The van der Waals surface area contributed by atoms with E-state index in [1.54, 1.807) is 41.6 Å². The van der Waals surface area contributed by atoms with Crippen LogP contribution < -0.4 is 10.6 Å². The number of hydrogen-bond acceptors (Lipinski definition) is 4. The number of aryl methyl sites for hydroxylation is 1. The number of halogens is 3. The minimum atomic E-state index is -4.49. The number of nitrogens with one attached hydrogen (secondary N) is 2. The molecule has 0 fully saturated rings. The van der Waals surface area contributed by atoms with Crippen LogP contribution in [0.2, 0.25) is 0 Å². The molecule has 0 bridgehead atoms. The highest BCUT2D eigenvalue weighted by Gasteiger charge is 2.30. The molecule has 10 heteroatoms. The van der Waals surface area contributed by atoms with Crippen LogP contribution >= 0.6 is 0 Å². The first-order valence-electron chi connectivity index (χ1n) is 8.79. The number of rotatable bonds is 3. The Bertz CT molecular complexity index is 1220. The fourth-order valence-electron chi connectivity index (χ4n) is 2.97. The third-order valence-electron chi connectivity index (χ3n) is 4.44. The lowest BCUT2D eigenvalue weighted by atomic mass is 10.1. The Morgan fingerprint density at radius 2 is 1.87 bits per heavy atom. The van der Waals surface area contributed by atoms with Gasteiger partial charge in [0.25, 0.3) is 0 Å². The van der Waals surface area contributed by atoms with Gasteiger partial charge in [-0.3, -0.25) is 15.0 Å². The van der Waals surface area contributed by atoms with Crippen LogP contribution in [0.25, 0.3) is 22.0 Å². The number of nitrogens with zero attached hydrogens (tertiary/aromatic N) is 4. The Hall–Kier alpha value is -3.95. The molecule has 0 saturated heterocycles. The highest BCUT2D eigenvalue weighted by molar-refractivity contribution is 5.99. The Morgan fingerprint density at radius 1 is 1.03 bits per heavy atom. The molecule has 0 aliphatic heterocycles. The van der Waals surface area contributed by atoms with Crippen LogP contribution in [-0.4, -0.2) is 25.8 Å². The predicted octanol–water partition coefficient (Wildman–Crippen LogP) is 4.69. The van der Waals surface area contributed by atoms with Crippen LogP contribution in [0, 0.1) is 0 Å². The van der Waals surface area contributed by atoms with Crippen molar-refractivity contribution in [2.24, 2.45) is 7.05 Å². The molecule has 0 aliphatic rings. The number of benzene rings is 1. The van der Waals surface area contributed by atoms with E-state index in [1.165, 1.54) is 12.1 Å². The van der Waals surface area contributed by atoms with Crippen molar-refractivity contribution in [2.45, 2.75) is 6.18 Å². The van der Waals surface area contributed by atoms with E-state index in [2.05, 4.69) is 25.7 Å². The minimum Gasteiger partial charge on any atom is -0.308 e. The number of aromatic nitrogens is 4. The van der Waals surface area contributed by atoms with Crippen LogP contribution in [0.15, 0.2) is 61.2 Å². The fourth-order valence-corrected chi connectivity index (χ4v) is 2.97. The summed E-state index contributed by atoms with van der Waals surface area (Å²) in [5.74, 6) is 0.245. The number of carbonyl (C=O) groups excluding carboxylic acids is 1.